The lowest BCUT2D eigenvalue weighted by Gasteiger charge is -2.44. The number of likely N-dealkylation sites (tertiary alicyclic amines) is 1. The molecule has 144 valence electrons. The van der Waals surface area contributed by atoms with Crippen LogP contribution in [-0.2, 0) is 25.6 Å². The maximum absolute atomic E-state index is 12.5. The van der Waals surface area contributed by atoms with Crippen molar-refractivity contribution in [2.24, 2.45) is 0 Å². The number of piperidine rings is 1. The number of carbonyl (C=O) groups excluding carboxylic acids is 2. The monoisotopic (exact) mass is 377 g/mol. The van der Waals surface area contributed by atoms with E-state index in [2.05, 4.69) is 29.2 Å². The molecule has 2 unspecified atom stereocenters. The quantitative estimate of drug-likeness (QED) is 0.604. The van der Waals surface area contributed by atoms with Crippen LogP contribution < -0.4 is 0 Å². The molecule has 2 aromatic rings. The number of nitrogens with zero attached hydrogens (tertiary/aromatic N) is 1. The van der Waals surface area contributed by atoms with Crippen molar-refractivity contribution in [1.82, 2.24) is 4.90 Å². The molecule has 0 N–H and O–H groups in total. The lowest BCUT2D eigenvalue weighted by atomic mass is 9.81. The van der Waals surface area contributed by atoms with Gasteiger partial charge >= 0.3 is 11.9 Å². The molecule has 0 spiro atoms. The molecule has 0 aromatic heterocycles. The summed E-state index contributed by atoms with van der Waals surface area (Å²) >= 11 is 0. The van der Waals surface area contributed by atoms with Gasteiger partial charge in [-0.3, -0.25) is 4.90 Å². The van der Waals surface area contributed by atoms with E-state index in [0.29, 0.717) is 13.0 Å². The van der Waals surface area contributed by atoms with Crippen molar-refractivity contribution in [1.29, 1.82) is 0 Å². The molecule has 4 rings (SSSR count). The summed E-state index contributed by atoms with van der Waals surface area (Å²) in [6, 6.07) is 20.4. The standard InChI is InChI=1S/C23H23NO4/c1-23-15-24(14-16-9-5-3-6-10-16)19(17-11-7-4-8-12-17)13-18(23)20(21(25)27-2)22(26)28-23/h3-12,19H,13-15H2,1-2H3. The fourth-order valence-corrected chi connectivity index (χ4v) is 4.27. The Balaban J connectivity index is 1.75. The molecule has 1 fully saturated rings. The molecular formula is C23H23NO4. The highest BCUT2D eigenvalue weighted by molar-refractivity contribution is 6.16. The van der Waals surface area contributed by atoms with Crippen LogP contribution in [0.5, 0.6) is 0 Å². The normalized spacial score (nSPS) is 24.6. The number of benzene rings is 2. The first-order valence-electron chi connectivity index (χ1n) is 9.40. The molecule has 2 aromatic carbocycles. The number of carbonyl (C=O) groups is 2. The van der Waals surface area contributed by atoms with E-state index in [-0.39, 0.29) is 11.6 Å². The Morgan fingerprint density at radius 2 is 1.79 bits per heavy atom. The van der Waals surface area contributed by atoms with E-state index in [4.69, 9.17) is 9.47 Å². The van der Waals surface area contributed by atoms with E-state index < -0.39 is 17.5 Å². The van der Waals surface area contributed by atoms with Crippen LogP contribution in [0.3, 0.4) is 0 Å². The van der Waals surface area contributed by atoms with E-state index in [1.807, 2.05) is 43.3 Å². The number of rotatable bonds is 4. The van der Waals surface area contributed by atoms with Gasteiger partial charge in [-0.1, -0.05) is 60.7 Å². The number of ether oxygens (including phenoxy) is 2. The fraction of sp³-hybridized carbons (Fsp3) is 0.304. The highest BCUT2D eigenvalue weighted by atomic mass is 16.6. The molecular weight excluding hydrogens is 354 g/mol. The minimum atomic E-state index is -0.819. The van der Waals surface area contributed by atoms with Crippen LogP contribution >= 0.6 is 0 Å². The summed E-state index contributed by atoms with van der Waals surface area (Å²) in [6.07, 6.45) is 0.545. The van der Waals surface area contributed by atoms with Crippen molar-refractivity contribution in [3.8, 4) is 0 Å². The van der Waals surface area contributed by atoms with Gasteiger partial charge in [0.15, 0.2) is 0 Å². The van der Waals surface area contributed by atoms with Gasteiger partial charge in [-0.25, -0.2) is 9.59 Å². The molecule has 2 heterocycles. The Bertz CT molecular complexity index is 922. The maximum atomic E-state index is 12.5. The second-order valence-corrected chi connectivity index (χ2v) is 7.49. The molecule has 2 aliphatic rings. The summed E-state index contributed by atoms with van der Waals surface area (Å²) in [5, 5.41) is 0. The van der Waals surface area contributed by atoms with Gasteiger partial charge < -0.3 is 9.47 Å². The van der Waals surface area contributed by atoms with Gasteiger partial charge in [0.05, 0.1) is 7.11 Å². The van der Waals surface area contributed by atoms with Gasteiger partial charge in [0.25, 0.3) is 0 Å². The summed E-state index contributed by atoms with van der Waals surface area (Å²) in [4.78, 5) is 27.0. The van der Waals surface area contributed by atoms with Gasteiger partial charge in [0.1, 0.15) is 11.2 Å². The number of methoxy groups -OCH3 is 1. The predicted octanol–water partition coefficient (Wildman–Crippen LogP) is 3.42. The van der Waals surface area contributed by atoms with E-state index in [1.165, 1.54) is 12.7 Å². The predicted molar refractivity (Wildman–Crippen MR) is 104 cm³/mol. The highest BCUT2D eigenvalue weighted by Gasteiger charge is 2.52. The topological polar surface area (TPSA) is 55.8 Å². The molecule has 0 aliphatic carbocycles. The van der Waals surface area contributed by atoms with E-state index >= 15 is 0 Å². The third-order valence-electron chi connectivity index (χ3n) is 5.61. The highest BCUT2D eigenvalue weighted by Crippen LogP contribution is 2.46. The average molecular weight is 377 g/mol. The van der Waals surface area contributed by atoms with Crippen molar-refractivity contribution in [3.63, 3.8) is 0 Å². The SMILES string of the molecule is COC(=O)C1=C2CC(c3ccccc3)N(Cc3ccccc3)CC2(C)OC1=O. The van der Waals surface area contributed by atoms with Crippen LogP contribution in [0.4, 0.5) is 0 Å². The zero-order valence-corrected chi connectivity index (χ0v) is 16.1. The van der Waals surface area contributed by atoms with Crippen molar-refractivity contribution < 1.29 is 19.1 Å². The Hall–Kier alpha value is -2.92. The molecule has 0 bridgehead atoms. The van der Waals surface area contributed by atoms with Gasteiger partial charge in [-0.15, -0.1) is 0 Å². The lowest BCUT2D eigenvalue weighted by molar-refractivity contribution is -0.151. The van der Waals surface area contributed by atoms with Crippen LogP contribution in [0, 0.1) is 0 Å². The number of hydrogen-bond donors (Lipinski definition) is 0. The van der Waals surface area contributed by atoms with E-state index in [9.17, 15) is 9.59 Å². The largest absolute Gasteiger partial charge is 0.465 e. The van der Waals surface area contributed by atoms with Gasteiger partial charge in [-0.05, 0) is 30.0 Å². The Labute approximate surface area is 164 Å². The molecule has 2 atom stereocenters. The molecule has 1 saturated heterocycles. The molecule has 2 aliphatic heterocycles. The number of fused-ring (bicyclic) bond motifs is 1. The zero-order valence-electron chi connectivity index (χ0n) is 16.1. The van der Waals surface area contributed by atoms with Crippen molar-refractivity contribution in [3.05, 3.63) is 82.9 Å². The van der Waals surface area contributed by atoms with Crippen molar-refractivity contribution >= 4 is 11.9 Å². The van der Waals surface area contributed by atoms with Gasteiger partial charge in [-0.2, -0.15) is 0 Å². The van der Waals surface area contributed by atoms with Crippen LogP contribution in [0.2, 0.25) is 0 Å². The first-order valence-corrected chi connectivity index (χ1v) is 9.40. The van der Waals surface area contributed by atoms with E-state index in [1.54, 1.807) is 0 Å². The number of hydrogen-bond acceptors (Lipinski definition) is 5. The Kier molecular flexibility index (Phi) is 4.77. The molecule has 28 heavy (non-hydrogen) atoms. The summed E-state index contributed by atoms with van der Waals surface area (Å²) in [5.41, 5.74) is 2.32. The third-order valence-corrected chi connectivity index (χ3v) is 5.61. The van der Waals surface area contributed by atoms with E-state index in [0.717, 1.165) is 17.7 Å². The molecule has 0 radical (unpaired) electrons. The van der Waals surface area contributed by atoms with Crippen LogP contribution in [-0.4, -0.2) is 36.1 Å². The summed E-state index contributed by atoms with van der Waals surface area (Å²) in [7, 11) is 1.29. The Morgan fingerprint density at radius 1 is 1.14 bits per heavy atom. The van der Waals surface area contributed by atoms with Gasteiger partial charge in [0, 0.05) is 19.1 Å². The second-order valence-electron chi connectivity index (χ2n) is 7.49. The third kappa shape index (κ3) is 3.22. The van der Waals surface area contributed by atoms with Crippen molar-refractivity contribution in [2.45, 2.75) is 31.5 Å². The smallest absolute Gasteiger partial charge is 0.346 e. The first kappa shape index (κ1) is 18.4. The lowest BCUT2D eigenvalue weighted by Crippen LogP contribution is -2.49. The maximum Gasteiger partial charge on any atom is 0.346 e. The summed E-state index contributed by atoms with van der Waals surface area (Å²) in [5.74, 6) is -1.20. The zero-order chi connectivity index (χ0) is 19.7. The van der Waals surface area contributed by atoms with Crippen LogP contribution in [0.15, 0.2) is 71.8 Å². The fourth-order valence-electron chi connectivity index (χ4n) is 4.27. The van der Waals surface area contributed by atoms with Crippen LogP contribution in [0.25, 0.3) is 0 Å². The van der Waals surface area contributed by atoms with Crippen molar-refractivity contribution in [2.75, 3.05) is 13.7 Å². The average Bonchev–Trinajstić information content (AvgIpc) is 2.97. The minimum Gasteiger partial charge on any atom is -0.465 e. The number of esters is 2. The minimum absolute atomic E-state index is 0.0404. The summed E-state index contributed by atoms with van der Waals surface area (Å²) in [6.45, 7) is 3.13. The first-order chi connectivity index (χ1) is 13.5. The molecule has 5 heteroatoms. The molecule has 5 nitrogen and oxygen atoms in total. The molecule has 0 amide bonds. The second kappa shape index (κ2) is 7.24. The van der Waals surface area contributed by atoms with Crippen LogP contribution in [0.1, 0.15) is 30.5 Å². The van der Waals surface area contributed by atoms with Gasteiger partial charge in [0.2, 0.25) is 0 Å². The summed E-state index contributed by atoms with van der Waals surface area (Å²) < 4.78 is 10.5. The Morgan fingerprint density at radius 3 is 2.43 bits per heavy atom. The molecule has 0 saturated carbocycles.